The Morgan fingerprint density at radius 3 is 2.68 bits per heavy atom. The van der Waals surface area contributed by atoms with Crippen molar-refractivity contribution in [2.75, 3.05) is 23.3 Å². The van der Waals surface area contributed by atoms with Crippen LogP contribution in [0.3, 0.4) is 0 Å². The van der Waals surface area contributed by atoms with Crippen LogP contribution in [0.15, 0.2) is 47.4 Å². The van der Waals surface area contributed by atoms with Crippen molar-refractivity contribution in [2.45, 2.75) is 24.7 Å². The van der Waals surface area contributed by atoms with Crippen molar-refractivity contribution in [2.24, 2.45) is 0 Å². The second-order valence-electron chi connectivity index (χ2n) is 6.30. The van der Waals surface area contributed by atoms with Crippen LogP contribution >= 0.6 is 0 Å². The average molecular weight is 405 g/mol. The SMILES string of the molecule is CCNS(=O)(=O)c1ccc(F)c(C(=O)Nc2cccc(N3CCCC3=O)c2)c1. The molecule has 9 heteroatoms. The monoisotopic (exact) mass is 405 g/mol. The summed E-state index contributed by atoms with van der Waals surface area (Å²) in [5.41, 5.74) is 0.632. The van der Waals surface area contributed by atoms with Gasteiger partial charge in [0.1, 0.15) is 5.82 Å². The summed E-state index contributed by atoms with van der Waals surface area (Å²) in [7, 11) is -3.82. The van der Waals surface area contributed by atoms with E-state index in [4.69, 9.17) is 0 Å². The van der Waals surface area contributed by atoms with Crippen LogP contribution in [-0.2, 0) is 14.8 Å². The molecule has 0 aliphatic carbocycles. The van der Waals surface area contributed by atoms with Crippen molar-refractivity contribution in [3.8, 4) is 0 Å². The predicted molar refractivity (Wildman–Crippen MR) is 103 cm³/mol. The summed E-state index contributed by atoms with van der Waals surface area (Å²) >= 11 is 0. The Balaban J connectivity index is 1.84. The van der Waals surface area contributed by atoms with E-state index in [9.17, 15) is 22.4 Å². The number of nitrogens with zero attached hydrogens (tertiary/aromatic N) is 1. The number of sulfonamides is 1. The summed E-state index contributed by atoms with van der Waals surface area (Å²) in [6.45, 7) is 2.39. The van der Waals surface area contributed by atoms with Crippen molar-refractivity contribution in [1.29, 1.82) is 0 Å². The van der Waals surface area contributed by atoms with E-state index >= 15 is 0 Å². The topological polar surface area (TPSA) is 95.6 Å². The Kier molecular flexibility index (Phi) is 5.76. The second-order valence-corrected chi connectivity index (χ2v) is 8.06. The van der Waals surface area contributed by atoms with E-state index in [0.29, 0.717) is 24.3 Å². The quantitative estimate of drug-likeness (QED) is 0.772. The second kappa shape index (κ2) is 8.07. The molecule has 1 aliphatic heterocycles. The van der Waals surface area contributed by atoms with Crippen molar-refractivity contribution in [3.05, 3.63) is 53.8 Å². The fraction of sp³-hybridized carbons (Fsp3) is 0.263. The van der Waals surface area contributed by atoms with Gasteiger partial charge in [-0.15, -0.1) is 0 Å². The Hall–Kier alpha value is -2.78. The van der Waals surface area contributed by atoms with Gasteiger partial charge in [0.05, 0.1) is 10.5 Å². The number of halogens is 1. The maximum atomic E-state index is 14.1. The summed E-state index contributed by atoms with van der Waals surface area (Å²) in [6.07, 6.45) is 1.25. The van der Waals surface area contributed by atoms with Gasteiger partial charge >= 0.3 is 0 Å². The normalized spacial score (nSPS) is 14.4. The number of anilines is 2. The molecule has 0 atom stereocenters. The summed E-state index contributed by atoms with van der Waals surface area (Å²) in [5, 5.41) is 2.56. The van der Waals surface area contributed by atoms with Gasteiger partial charge in [-0.25, -0.2) is 17.5 Å². The first kappa shape index (κ1) is 20.0. The third-order valence-electron chi connectivity index (χ3n) is 4.32. The number of carbonyl (C=O) groups is 2. The third-order valence-corrected chi connectivity index (χ3v) is 5.86. The van der Waals surface area contributed by atoms with Gasteiger partial charge in [0.25, 0.3) is 5.91 Å². The van der Waals surface area contributed by atoms with Gasteiger partial charge in [-0.05, 0) is 42.8 Å². The summed E-state index contributed by atoms with van der Waals surface area (Å²) in [5.74, 6) is -1.61. The highest BCUT2D eigenvalue weighted by Crippen LogP contribution is 2.25. The molecular formula is C19H20FN3O4S. The number of hydrogen-bond acceptors (Lipinski definition) is 4. The molecule has 3 rings (SSSR count). The van der Waals surface area contributed by atoms with E-state index in [-0.39, 0.29) is 22.9 Å². The lowest BCUT2D eigenvalue weighted by molar-refractivity contribution is -0.117. The maximum Gasteiger partial charge on any atom is 0.258 e. The molecule has 1 saturated heterocycles. The van der Waals surface area contributed by atoms with Crippen LogP contribution in [0.2, 0.25) is 0 Å². The largest absolute Gasteiger partial charge is 0.322 e. The summed E-state index contributed by atoms with van der Waals surface area (Å²) < 4.78 is 40.6. The Morgan fingerprint density at radius 1 is 1.21 bits per heavy atom. The number of rotatable bonds is 6. The van der Waals surface area contributed by atoms with Crippen LogP contribution < -0.4 is 14.9 Å². The Bertz CT molecular complexity index is 1020. The lowest BCUT2D eigenvalue weighted by Gasteiger charge is -2.17. The van der Waals surface area contributed by atoms with Gasteiger partial charge in [-0.1, -0.05) is 13.0 Å². The van der Waals surface area contributed by atoms with Gasteiger partial charge < -0.3 is 10.2 Å². The van der Waals surface area contributed by atoms with E-state index in [0.717, 1.165) is 24.6 Å². The van der Waals surface area contributed by atoms with Crippen LogP contribution in [0.5, 0.6) is 0 Å². The van der Waals surface area contributed by atoms with Crippen LogP contribution in [0.4, 0.5) is 15.8 Å². The Morgan fingerprint density at radius 2 is 2.00 bits per heavy atom. The molecule has 0 aromatic heterocycles. The fourth-order valence-corrected chi connectivity index (χ4v) is 4.06. The zero-order chi connectivity index (χ0) is 20.3. The van der Waals surface area contributed by atoms with Crippen molar-refractivity contribution >= 4 is 33.2 Å². The Labute approximate surface area is 162 Å². The first-order chi connectivity index (χ1) is 13.3. The highest BCUT2D eigenvalue weighted by atomic mass is 32.2. The van der Waals surface area contributed by atoms with Crippen molar-refractivity contribution in [1.82, 2.24) is 4.72 Å². The van der Waals surface area contributed by atoms with Gasteiger partial charge in [0, 0.05) is 30.9 Å². The molecule has 2 amide bonds. The van der Waals surface area contributed by atoms with Gasteiger partial charge in [0.15, 0.2) is 0 Å². The van der Waals surface area contributed by atoms with Crippen LogP contribution in [0.1, 0.15) is 30.1 Å². The molecule has 0 unspecified atom stereocenters. The first-order valence-corrected chi connectivity index (χ1v) is 10.3. The smallest absolute Gasteiger partial charge is 0.258 e. The zero-order valence-electron chi connectivity index (χ0n) is 15.2. The number of hydrogen-bond donors (Lipinski definition) is 2. The first-order valence-electron chi connectivity index (χ1n) is 8.83. The molecule has 7 nitrogen and oxygen atoms in total. The molecular weight excluding hydrogens is 385 g/mol. The molecule has 2 aromatic rings. The standard InChI is InChI=1S/C19H20FN3O4S/c1-2-21-28(26,27)15-8-9-17(20)16(12-15)19(25)22-13-5-3-6-14(11-13)23-10-4-7-18(23)24/h3,5-6,8-9,11-12,21H,2,4,7,10H2,1H3,(H,22,25). The minimum absolute atomic E-state index is 0.0100. The molecule has 1 heterocycles. The van der Waals surface area contributed by atoms with Crippen molar-refractivity contribution < 1.29 is 22.4 Å². The molecule has 2 N–H and O–H groups in total. The fourth-order valence-electron chi connectivity index (χ4n) is 2.99. The van der Waals surface area contributed by atoms with Crippen LogP contribution in [0, 0.1) is 5.82 Å². The summed E-state index contributed by atoms with van der Waals surface area (Å²) in [4.78, 5) is 25.8. The zero-order valence-corrected chi connectivity index (χ0v) is 16.1. The van der Waals surface area contributed by atoms with E-state index in [1.165, 1.54) is 0 Å². The van der Waals surface area contributed by atoms with E-state index in [1.54, 1.807) is 36.1 Å². The van der Waals surface area contributed by atoms with Crippen molar-refractivity contribution in [3.63, 3.8) is 0 Å². The minimum atomic E-state index is -3.82. The number of nitrogens with one attached hydrogen (secondary N) is 2. The molecule has 2 aromatic carbocycles. The van der Waals surface area contributed by atoms with E-state index in [2.05, 4.69) is 10.0 Å². The molecule has 0 spiro atoms. The molecule has 1 fully saturated rings. The number of carbonyl (C=O) groups excluding carboxylic acids is 2. The molecule has 1 aliphatic rings. The number of benzene rings is 2. The van der Waals surface area contributed by atoms with Crippen LogP contribution in [0.25, 0.3) is 0 Å². The predicted octanol–water partition coefficient (Wildman–Crippen LogP) is 2.50. The molecule has 0 radical (unpaired) electrons. The highest BCUT2D eigenvalue weighted by molar-refractivity contribution is 7.89. The molecule has 0 saturated carbocycles. The van der Waals surface area contributed by atoms with Gasteiger partial charge in [-0.2, -0.15) is 0 Å². The van der Waals surface area contributed by atoms with E-state index < -0.39 is 21.7 Å². The van der Waals surface area contributed by atoms with E-state index in [1.807, 2.05) is 0 Å². The summed E-state index contributed by atoms with van der Waals surface area (Å²) in [6, 6.07) is 9.71. The van der Waals surface area contributed by atoms with Gasteiger partial charge in [0.2, 0.25) is 15.9 Å². The lowest BCUT2D eigenvalue weighted by atomic mass is 10.2. The molecule has 0 bridgehead atoms. The highest BCUT2D eigenvalue weighted by Gasteiger charge is 2.22. The lowest BCUT2D eigenvalue weighted by Crippen LogP contribution is -2.24. The third kappa shape index (κ3) is 4.20. The van der Waals surface area contributed by atoms with Gasteiger partial charge in [-0.3, -0.25) is 9.59 Å². The maximum absolute atomic E-state index is 14.1. The molecule has 28 heavy (non-hydrogen) atoms. The van der Waals surface area contributed by atoms with Crippen LogP contribution in [-0.4, -0.2) is 33.3 Å². The minimum Gasteiger partial charge on any atom is -0.322 e. The average Bonchev–Trinajstić information content (AvgIpc) is 3.08. The molecule has 148 valence electrons. The number of amides is 2.